The molecule has 3 nitrogen and oxygen atoms in total. The van der Waals surface area contributed by atoms with Crippen LogP contribution in [0.5, 0.6) is 0 Å². The van der Waals surface area contributed by atoms with Crippen molar-refractivity contribution in [2.45, 2.75) is 13.8 Å². The highest BCUT2D eigenvalue weighted by Gasteiger charge is 2.19. The zero-order valence-electron chi connectivity index (χ0n) is 33.9. The predicted octanol–water partition coefficient (Wildman–Crippen LogP) is 15.8. The molecule has 0 radical (unpaired) electrons. The van der Waals surface area contributed by atoms with E-state index in [0.29, 0.717) is 5.89 Å². The minimum atomic E-state index is 0.639. The van der Waals surface area contributed by atoms with Crippen LogP contribution < -0.4 is 0 Å². The maximum atomic E-state index is 6.56. The first kappa shape index (κ1) is 36.2. The second-order valence-electron chi connectivity index (χ2n) is 15.9. The van der Waals surface area contributed by atoms with Crippen LogP contribution in [-0.4, -0.2) is 9.97 Å². The van der Waals surface area contributed by atoms with E-state index >= 15 is 0 Å². The molecule has 11 aromatic rings. The van der Waals surface area contributed by atoms with Gasteiger partial charge in [0.05, 0.1) is 11.4 Å². The first-order valence-electron chi connectivity index (χ1n) is 20.8. The molecule has 288 valence electrons. The molecular weight excluding hydrogens is 741 g/mol. The molecule has 0 aliphatic carbocycles. The van der Waals surface area contributed by atoms with E-state index in [-0.39, 0.29) is 0 Å². The molecule has 0 N–H and O–H groups in total. The van der Waals surface area contributed by atoms with Gasteiger partial charge in [-0.2, -0.15) is 0 Å². The van der Waals surface area contributed by atoms with Crippen molar-refractivity contribution in [3.63, 3.8) is 0 Å². The van der Waals surface area contributed by atoms with Gasteiger partial charge in [0.25, 0.3) is 0 Å². The fourth-order valence-electron chi connectivity index (χ4n) is 8.96. The SMILES string of the molecule is Cc1cc(C)cc(-c2nc3cc(-c4cccc(-c5c(-c6cccc(-c7cc(-c8ccccc8)nc(-c8ccccc8)c7)c6)ccc6ccccc56)c4)c4ccccc4c3o2)c1. The Morgan fingerprint density at radius 2 is 0.902 bits per heavy atom. The van der Waals surface area contributed by atoms with Gasteiger partial charge in [-0.05, 0) is 117 Å². The van der Waals surface area contributed by atoms with Gasteiger partial charge < -0.3 is 4.42 Å². The molecule has 0 unspecified atom stereocenters. The monoisotopic (exact) mass is 780 g/mol. The quantitative estimate of drug-likeness (QED) is 0.162. The molecule has 0 aliphatic heterocycles. The Morgan fingerprint density at radius 3 is 1.61 bits per heavy atom. The van der Waals surface area contributed by atoms with Crippen molar-refractivity contribution in [1.82, 2.24) is 9.97 Å². The molecule has 2 aromatic heterocycles. The molecular formula is C58H40N2O. The largest absolute Gasteiger partial charge is 0.435 e. The van der Waals surface area contributed by atoms with Gasteiger partial charge in [0.2, 0.25) is 5.89 Å². The third kappa shape index (κ3) is 6.76. The van der Waals surface area contributed by atoms with Crippen molar-refractivity contribution in [3.05, 3.63) is 217 Å². The highest BCUT2D eigenvalue weighted by atomic mass is 16.3. The minimum Gasteiger partial charge on any atom is -0.435 e. The molecule has 0 fully saturated rings. The number of rotatable bonds is 7. The molecule has 0 spiro atoms. The summed E-state index contributed by atoms with van der Waals surface area (Å²) in [4.78, 5) is 10.2. The highest BCUT2D eigenvalue weighted by molar-refractivity contribution is 6.12. The minimum absolute atomic E-state index is 0.639. The summed E-state index contributed by atoms with van der Waals surface area (Å²) in [6.07, 6.45) is 0. The lowest BCUT2D eigenvalue weighted by Gasteiger charge is -2.17. The van der Waals surface area contributed by atoms with Crippen LogP contribution in [0.15, 0.2) is 211 Å². The number of hydrogen-bond donors (Lipinski definition) is 0. The standard InChI is InChI=1S/C58H40N2O/c1-37-29-38(2)31-47(30-37)58-60-55-36-52(50-25-11-12-26-51(50)57(55)61-58)44-22-14-23-45(33-44)56-48-24-10-9-15-39(48)27-28-49(56)43-21-13-20-42(32-43)46-34-53(40-16-5-3-6-17-40)59-54(35-46)41-18-7-4-8-19-41/h3-36H,1-2H3. The Kier molecular flexibility index (Phi) is 8.94. The number of hydrogen-bond acceptors (Lipinski definition) is 3. The van der Waals surface area contributed by atoms with Gasteiger partial charge in [-0.25, -0.2) is 9.97 Å². The summed E-state index contributed by atoms with van der Waals surface area (Å²) in [5.41, 5.74) is 18.3. The topological polar surface area (TPSA) is 38.9 Å². The third-order valence-electron chi connectivity index (χ3n) is 11.7. The Labute approximate surface area is 355 Å². The summed E-state index contributed by atoms with van der Waals surface area (Å²) >= 11 is 0. The normalized spacial score (nSPS) is 11.4. The number of nitrogens with zero attached hydrogens (tertiary/aromatic N) is 2. The van der Waals surface area contributed by atoms with E-state index in [0.717, 1.165) is 83.3 Å². The average molecular weight is 781 g/mol. The van der Waals surface area contributed by atoms with Crippen LogP contribution in [0.25, 0.3) is 111 Å². The predicted molar refractivity (Wildman–Crippen MR) is 254 cm³/mol. The molecule has 3 heteroatoms. The van der Waals surface area contributed by atoms with E-state index in [1.807, 2.05) is 12.1 Å². The van der Waals surface area contributed by atoms with E-state index in [4.69, 9.17) is 14.4 Å². The number of fused-ring (bicyclic) bond motifs is 4. The van der Waals surface area contributed by atoms with Crippen molar-refractivity contribution < 1.29 is 4.42 Å². The molecule has 61 heavy (non-hydrogen) atoms. The first-order chi connectivity index (χ1) is 30.0. The Balaban J connectivity index is 1.06. The Hall–Kier alpha value is -7.88. The van der Waals surface area contributed by atoms with E-state index in [2.05, 4.69) is 208 Å². The molecule has 11 rings (SSSR count). The second-order valence-corrected chi connectivity index (χ2v) is 15.9. The van der Waals surface area contributed by atoms with Crippen molar-refractivity contribution in [3.8, 4) is 78.5 Å². The number of aryl methyl sites for hydroxylation is 2. The van der Waals surface area contributed by atoms with E-state index in [1.54, 1.807) is 0 Å². The maximum Gasteiger partial charge on any atom is 0.227 e. The lowest BCUT2D eigenvalue weighted by atomic mass is 9.87. The van der Waals surface area contributed by atoms with Gasteiger partial charge in [0.1, 0.15) is 5.52 Å². The number of oxazole rings is 1. The number of benzene rings is 9. The van der Waals surface area contributed by atoms with Crippen molar-refractivity contribution in [2.75, 3.05) is 0 Å². The molecule has 2 heterocycles. The van der Waals surface area contributed by atoms with Crippen LogP contribution in [0.3, 0.4) is 0 Å². The summed E-state index contributed by atoms with van der Waals surface area (Å²) in [6.45, 7) is 4.23. The molecule has 0 atom stereocenters. The Morgan fingerprint density at radius 1 is 0.344 bits per heavy atom. The first-order valence-corrected chi connectivity index (χ1v) is 20.8. The van der Waals surface area contributed by atoms with E-state index in [9.17, 15) is 0 Å². The summed E-state index contributed by atoms with van der Waals surface area (Å²) in [5, 5.41) is 4.58. The van der Waals surface area contributed by atoms with Crippen molar-refractivity contribution >= 4 is 32.6 Å². The summed E-state index contributed by atoms with van der Waals surface area (Å²) in [6, 6.07) is 73.7. The smallest absolute Gasteiger partial charge is 0.227 e. The van der Waals surface area contributed by atoms with Gasteiger partial charge in [-0.1, -0.05) is 175 Å². The van der Waals surface area contributed by atoms with Crippen LogP contribution in [-0.2, 0) is 0 Å². The lowest BCUT2D eigenvalue weighted by molar-refractivity contribution is 0.623. The fraction of sp³-hybridized carbons (Fsp3) is 0.0345. The number of aromatic nitrogens is 2. The van der Waals surface area contributed by atoms with Gasteiger partial charge in [-0.15, -0.1) is 0 Å². The molecule has 0 saturated heterocycles. The second kappa shape index (κ2) is 15.1. The van der Waals surface area contributed by atoms with Crippen molar-refractivity contribution in [2.24, 2.45) is 0 Å². The molecule has 0 saturated carbocycles. The highest BCUT2D eigenvalue weighted by Crippen LogP contribution is 2.43. The van der Waals surface area contributed by atoms with Crippen LogP contribution in [0.2, 0.25) is 0 Å². The summed E-state index contributed by atoms with van der Waals surface area (Å²) < 4.78 is 6.56. The van der Waals surface area contributed by atoms with Crippen LogP contribution in [0.4, 0.5) is 0 Å². The zero-order chi connectivity index (χ0) is 40.9. The van der Waals surface area contributed by atoms with E-state index < -0.39 is 0 Å². The van der Waals surface area contributed by atoms with E-state index in [1.165, 1.54) is 33.0 Å². The van der Waals surface area contributed by atoms with Crippen LogP contribution >= 0.6 is 0 Å². The summed E-state index contributed by atoms with van der Waals surface area (Å²) in [7, 11) is 0. The van der Waals surface area contributed by atoms with Crippen LogP contribution in [0.1, 0.15) is 11.1 Å². The van der Waals surface area contributed by atoms with Crippen LogP contribution in [0, 0.1) is 13.8 Å². The zero-order valence-corrected chi connectivity index (χ0v) is 33.9. The molecule has 0 aliphatic rings. The van der Waals surface area contributed by atoms with Crippen molar-refractivity contribution in [1.29, 1.82) is 0 Å². The van der Waals surface area contributed by atoms with Gasteiger partial charge in [0.15, 0.2) is 5.58 Å². The fourth-order valence-corrected chi connectivity index (χ4v) is 8.96. The third-order valence-corrected chi connectivity index (χ3v) is 11.7. The average Bonchev–Trinajstić information content (AvgIpc) is 3.76. The van der Waals surface area contributed by atoms with Gasteiger partial charge >= 0.3 is 0 Å². The van der Waals surface area contributed by atoms with Gasteiger partial charge in [-0.3, -0.25) is 0 Å². The van der Waals surface area contributed by atoms with Gasteiger partial charge in [0, 0.05) is 22.1 Å². The number of pyridine rings is 1. The maximum absolute atomic E-state index is 6.56. The summed E-state index contributed by atoms with van der Waals surface area (Å²) in [5.74, 6) is 0.639. The Bertz CT molecular complexity index is 3360. The molecule has 9 aromatic carbocycles. The molecule has 0 amide bonds. The molecule has 0 bridgehead atoms. The lowest BCUT2D eigenvalue weighted by Crippen LogP contribution is -1.92.